The molecular weight excluding hydrogens is 420 g/mol. The zero-order chi connectivity index (χ0) is 22.6. The number of ether oxygens (including phenoxy) is 2. The van der Waals surface area contributed by atoms with Gasteiger partial charge in [0.25, 0.3) is 5.91 Å². The number of methoxy groups -OCH3 is 1. The lowest BCUT2D eigenvalue weighted by Gasteiger charge is -2.17. The molecule has 2 aromatic carbocycles. The highest BCUT2D eigenvalue weighted by Gasteiger charge is 2.28. The fourth-order valence-electron chi connectivity index (χ4n) is 3.39. The second-order valence-corrected chi connectivity index (χ2v) is 9.12. The van der Waals surface area contributed by atoms with Gasteiger partial charge in [-0.25, -0.2) is 13.2 Å². The molecule has 2 aromatic rings. The maximum Gasteiger partial charge on any atom is 0.338 e. The van der Waals surface area contributed by atoms with Crippen molar-refractivity contribution in [1.82, 2.24) is 4.31 Å². The van der Waals surface area contributed by atoms with Crippen molar-refractivity contribution < 1.29 is 27.5 Å². The number of hydrogen-bond donors (Lipinski definition) is 1. The number of amides is 1. The molecule has 1 heterocycles. The summed E-state index contributed by atoms with van der Waals surface area (Å²) in [5, 5.41) is 2.75. The summed E-state index contributed by atoms with van der Waals surface area (Å²) in [6, 6.07) is 9.09. The van der Waals surface area contributed by atoms with Gasteiger partial charge >= 0.3 is 5.97 Å². The van der Waals surface area contributed by atoms with Crippen molar-refractivity contribution in [3.8, 4) is 5.75 Å². The van der Waals surface area contributed by atoms with Crippen molar-refractivity contribution in [2.75, 3.05) is 32.1 Å². The molecule has 0 aromatic heterocycles. The molecule has 1 aliphatic heterocycles. The normalized spacial score (nSPS) is 14.3. The van der Waals surface area contributed by atoms with Crippen LogP contribution in [0.1, 0.15) is 46.0 Å². The van der Waals surface area contributed by atoms with E-state index >= 15 is 0 Å². The van der Waals surface area contributed by atoms with Crippen molar-refractivity contribution >= 4 is 27.6 Å². The van der Waals surface area contributed by atoms with Gasteiger partial charge in [-0.3, -0.25) is 4.79 Å². The van der Waals surface area contributed by atoms with Crippen LogP contribution in [0.3, 0.4) is 0 Å². The topological polar surface area (TPSA) is 102 Å². The van der Waals surface area contributed by atoms with Gasteiger partial charge in [0.1, 0.15) is 5.75 Å². The van der Waals surface area contributed by atoms with Gasteiger partial charge in [-0.05, 0) is 62.6 Å². The minimum Gasteiger partial charge on any atom is -0.496 e. The van der Waals surface area contributed by atoms with E-state index in [9.17, 15) is 18.0 Å². The van der Waals surface area contributed by atoms with Crippen LogP contribution in [0.4, 0.5) is 5.69 Å². The molecular formula is C22H26N2O6S. The number of anilines is 1. The first kappa shape index (κ1) is 22.8. The summed E-state index contributed by atoms with van der Waals surface area (Å²) in [4.78, 5) is 25.1. The number of carbonyl (C=O) groups is 2. The van der Waals surface area contributed by atoms with Gasteiger partial charge in [-0.1, -0.05) is 6.07 Å². The van der Waals surface area contributed by atoms with Crippen LogP contribution in [-0.4, -0.2) is 51.4 Å². The zero-order valence-corrected chi connectivity index (χ0v) is 18.6. The lowest BCUT2D eigenvalue weighted by molar-refractivity contribution is 0.0526. The SMILES string of the molecule is CCOC(=O)c1ccc(C)c(NC(=O)c2cc(S(=O)(=O)N3CCCC3)ccc2OC)c1. The molecule has 3 rings (SSSR count). The Bertz CT molecular complexity index is 1090. The number of nitrogens with zero attached hydrogens (tertiary/aromatic N) is 1. The van der Waals surface area contributed by atoms with Crippen LogP contribution < -0.4 is 10.1 Å². The van der Waals surface area contributed by atoms with Crippen LogP contribution in [0, 0.1) is 6.92 Å². The van der Waals surface area contributed by atoms with Crippen LogP contribution in [-0.2, 0) is 14.8 Å². The monoisotopic (exact) mass is 446 g/mol. The molecule has 1 N–H and O–H groups in total. The van der Waals surface area contributed by atoms with E-state index in [-0.39, 0.29) is 22.8 Å². The number of nitrogens with one attached hydrogen (secondary N) is 1. The van der Waals surface area contributed by atoms with Gasteiger partial charge in [0.2, 0.25) is 10.0 Å². The van der Waals surface area contributed by atoms with Crippen LogP contribution in [0.15, 0.2) is 41.3 Å². The van der Waals surface area contributed by atoms with Crippen LogP contribution in [0.5, 0.6) is 5.75 Å². The Morgan fingerprint density at radius 2 is 1.81 bits per heavy atom. The minimum atomic E-state index is -3.69. The highest BCUT2D eigenvalue weighted by Crippen LogP contribution is 2.28. The molecule has 0 bridgehead atoms. The van der Waals surface area contributed by atoms with Crippen LogP contribution in [0.25, 0.3) is 0 Å². The number of sulfonamides is 1. The average molecular weight is 447 g/mol. The summed E-state index contributed by atoms with van der Waals surface area (Å²) in [5.41, 5.74) is 1.55. The molecule has 0 aliphatic carbocycles. The standard InChI is InChI=1S/C22H26N2O6S/c1-4-30-22(26)16-8-7-15(2)19(13-16)23-21(25)18-14-17(9-10-20(18)29-3)31(27,28)24-11-5-6-12-24/h7-10,13-14H,4-6,11-12H2,1-3H3,(H,23,25). The third-order valence-corrected chi connectivity index (χ3v) is 7.01. The number of rotatable bonds is 7. The van der Waals surface area contributed by atoms with E-state index in [2.05, 4.69) is 5.32 Å². The molecule has 0 radical (unpaired) electrons. The molecule has 0 unspecified atom stereocenters. The van der Waals surface area contributed by atoms with E-state index in [1.54, 1.807) is 26.0 Å². The molecule has 8 nitrogen and oxygen atoms in total. The first-order valence-electron chi connectivity index (χ1n) is 10.0. The van der Waals surface area contributed by atoms with E-state index in [0.717, 1.165) is 18.4 Å². The molecule has 9 heteroatoms. The lowest BCUT2D eigenvalue weighted by Crippen LogP contribution is -2.28. The summed E-state index contributed by atoms with van der Waals surface area (Å²) in [7, 11) is -2.28. The quantitative estimate of drug-likeness (QED) is 0.655. The smallest absolute Gasteiger partial charge is 0.338 e. The Balaban J connectivity index is 1.93. The predicted molar refractivity (Wildman–Crippen MR) is 116 cm³/mol. The highest BCUT2D eigenvalue weighted by molar-refractivity contribution is 7.89. The van der Waals surface area contributed by atoms with Crippen LogP contribution >= 0.6 is 0 Å². The summed E-state index contributed by atoms with van der Waals surface area (Å²) < 4.78 is 37.5. The van der Waals surface area contributed by atoms with Gasteiger partial charge in [0, 0.05) is 18.8 Å². The van der Waals surface area contributed by atoms with Crippen molar-refractivity contribution in [3.05, 3.63) is 53.1 Å². The van der Waals surface area contributed by atoms with Gasteiger partial charge in [-0.2, -0.15) is 4.31 Å². The molecule has 0 spiro atoms. The first-order valence-corrected chi connectivity index (χ1v) is 11.5. The van der Waals surface area contributed by atoms with Gasteiger partial charge in [0.05, 0.1) is 29.7 Å². The fraction of sp³-hybridized carbons (Fsp3) is 0.364. The molecule has 1 amide bonds. The minimum absolute atomic E-state index is 0.0392. The number of hydrogen-bond acceptors (Lipinski definition) is 6. The van der Waals surface area contributed by atoms with E-state index in [1.807, 2.05) is 0 Å². The second kappa shape index (κ2) is 9.49. The Morgan fingerprint density at radius 1 is 1.10 bits per heavy atom. The third-order valence-electron chi connectivity index (χ3n) is 5.12. The van der Waals surface area contributed by atoms with Gasteiger partial charge in [-0.15, -0.1) is 0 Å². The van der Waals surface area contributed by atoms with Crippen molar-refractivity contribution in [3.63, 3.8) is 0 Å². The molecule has 0 saturated carbocycles. The maximum atomic E-state index is 13.0. The second-order valence-electron chi connectivity index (χ2n) is 7.18. The Kier molecular flexibility index (Phi) is 6.97. The Labute approximate surface area is 182 Å². The van der Waals surface area contributed by atoms with E-state index in [0.29, 0.717) is 24.3 Å². The van der Waals surface area contributed by atoms with Crippen molar-refractivity contribution in [2.24, 2.45) is 0 Å². The third kappa shape index (κ3) is 4.88. The van der Waals surface area contributed by atoms with E-state index in [4.69, 9.17) is 9.47 Å². The van der Waals surface area contributed by atoms with E-state index in [1.165, 1.54) is 35.7 Å². The Hall–Kier alpha value is -2.91. The maximum absolute atomic E-state index is 13.0. The first-order chi connectivity index (χ1) is 14.8. The Morgan fingerprint density at radius 3 is 2.45 bits per heavy atom. The molecule has 0 atom stereocenters. The summed E-state index contributed by atoms with van der Waals surface area (Å²) >= 11 is 0. The summed E-state index contributed by atoms with van der Waals surface area (Å²) in [6.07, 6.45) is 1.64. The summed E-state index contributed by atoms with van der Waals surface area (Å²) in [5.74, 6) is -0.786. The van der Waals surface area contributed by atoms with E-state index < -0.39 is 21.9 Å². The lowest BCUT2D eigenvalue weighted by atomic mass is 10.1. The van der Waals surface area contributed by atoms with Gasteiger partial charge < -0.3 is 14.8 Å². The predicted octanol–water partition coefficient (Wildman–Crippen LogP) is 3.22. The molecule has 166 valence electrons. The molecule has 1 saturated heterocycles. The van der Waals surface area contributed by atoms with Gasteiger partial charge in [0.15, 0.2) is 0 Å². The van der Waals surface area contributed by atoms with Crippen LogP contribution in [0.2, 0.25) is 0 Å². The average Bonchev–Trinajstić information content (AvgIpc) is 3.30. The number of aryl methyl sites for hydroxylation is 1. The largest absolute Gasteiger partial charge is 0.496 e. The molecule has 31 heavy (non-hydrogen) atoms. The number of benzene rings is 2. The molecule has 1 fully saturated rings. The van der Waals surface area contributed by atoms with Crippen molar-refractivity contribution in [1.29, 1.82) is 0 Å². The zero-order valence-electron chi connectivity index (χ0n) is 17.8. The number of esters is 1. The molecule has 1 aliphatic rings. The summed E-state index contributed by atoms with van der Waals surface area (Å²) in [6.45, 7) is 4.68. The van der Waals surface area contributed by atoms with Crippen molar-refractivity contribution in [2.45, 2.75) is 31.6 Å². The highest BCUT2D eigenvalue weighted by atomic mass is 32.2. The fourth-order valence-corrected chi connectivity index (χ4v) is 4.93. The number of carbonyl (C=O) groups excluding carboxylic acids is 2.